The first-order valence-electron chi connectivity index (χ1n) is 4.56. The van der Waals surface area contributed by atoms with E-state index in [1.807, 2.05) is 0 Å². The van der Waals surface area contributed by atoms with Crippen molar-refractivity contribution >= 4 is 19.7 Å². The molecule has 1 aliphatic rings. The summed E-state index contributed by atoms with van der Waals surface area (Å²) in [5.41, 5.74) is 0. The smallest absolute Gasteiger partial charge is 0.264 e. The Labute approximate surface area is 87.3 Å². The SMILES string of the molecule is O=S(=O)(Cl)c1cnn(C2CCCC2)c1. The largest absolute Gasteiger partial charge is 0.268 e. The number of nitrogens with zero attached hydrogens (tertiary/aromatic N) is 2. The first-order chi connectivity index (χ1) is 6.57. The lowest BCUT2D eigenvalue weighted by atomic mass is 10.3. The molecule has 0 saturated heterocycles. The summed E-state index contributed by atoms with van der Waals surface area (Å²) in [6.07, 6.45) is 7.34. The molecule has 0 bridgehead atoms. The van der Waals surface area contributed by atoms with E-state index in [1.54, 1.807) is 4.68 Å². The van der Waals surface area contributed by atoms with E-state index in [4.69, 9.17) is 10.7 Å². The van der Waals surface area contributed by atoms with E-state index in [0.717, 1.165) is 12.8 Å². The average Bonchev–Trinajstić information content (AvgIpc) is 2.73. The Morgan fingerprint density at radius 1 is 1.43 bits per heavy atom. The molecule has 0 radical (unpaired) electrons. The molecule has 0 aromatic carbocycles. The molecule has 2 rings (SSSR count). The standard InChI is InChI=1S/C8H11ClN2O2S/c9-14(12,13)8-5-10-11(6-8)7-3-1-2-4-7/h5-7H,1-4H2. The summed E-state index contributed by atoms with van der Waals surface area (Å²) in [5, 5.41) is 4.02. The number of halogens is 1. The van der Waals surface area contributed by atoms with Crippen LogP contribution in [-0.4, -0.2) is 18.2 Å². The molecule has 0 amide bonds. The Kier molecular flexibility index (Phi) is 2.53. The van der Waals surface area contributed by atoms with E-state index in [0.29, 0.717) is 6.04 Å². The van der Waals surface area contributed by atoms with Gasteiger partial charge in [-0.2, -0.15) is 5.10 Å². The third kappa shape index (κ3) is 1.93. The first kappa shape index (κ1) is 9.98. The van der Waals surface area contributed by atoms with Crippen molar-refractivity contribution in [2.24, 2.45) is 0 Å². The van der Waals surface area contributed by atoms with Crippen LogP contribution in [0.1, 0.15) is 31.7 Å². The fourth-order valence-corrected chi connectivity index (χ4v) is 2.46. The van der Waals surface area contributed by atoms with Crippen molar-refractivity contribution in [2.75, 3.05) is 0 Å². The van der Waals surface area contributed by atoms with Crippen molar-refractivity contribution in [3.05, 3.63) is 12.4 Å². The van der Waals surface area contributed by atoms with Crippen LogP contribution in [0.2, 0.25) is 0 Å². The molecule has 6 heteroatoms. The van der Waals surface area contributed by atoms with Gasteiger partial charge < -0.3 is 0 Å². The quantitative estimate of drug-likeness (QED) is 0.735. The second-order valence-corrected chi connectivity index (χ2v) is 6.10. The maximum absolute atomic E-state index is 11.0. The molecule has 0 spiro atoms. The molecule has 1 saturated carbocycles. The maximum Gasteiger partial charge on any atom is 0.264 e. The van der Waals surface area contributed by atoms with E-state index in [9.17, 15) is 8.42 Å². The number of hydrogen-bond acceptors (Lipinski definition) is 3. The van der Waals surface area contributed by atoms with Gasteiger partial charge in [-0.3, -0.25) is 4.68 Å². The van der Waals surface area contributed by atoms with Crippen molar-refractivity contribution in [3.8, 4) is 0 Å². The van der Waals surface area contributed by atoms with E-state index < -0.39 is 9.05 Å². The van der Waals surface area contributed by atoms with Crippen LogP contribution >= 0.6 is 10.7 Å². The third-order valence-corrected chi connectivity index (χ3v) is 3.87. The van der Waals surface area contributed by atoms with Gasteiger partial charge in [-0.1, -0.05) is 12.8 Å². The Morgan fingerprint density at radius 2 is 2.07 bits per heavy atom. The molecular formula is C8H11ClN2O2S. The lowest BCUT2D eigenvalue weighted by Crippen LogP contribution is -2.04. The highest BCUT2D eigenvalue weighted by Crippen LogP contribution is 2.29. The molecule has 4 nitrogen and oxygen atoms in total. The highest BCUT2D eigenvalue weighted by molar-refractivity contribution is 8.13. The van der Waals surface area contributed by atoms with Crippen LogP contribution in [0.4, 0.5) is 0 Å². The van der Waals surface area contributed by atoms with Crippen molar-refractivity contribution in [3.63, 3.8) is 0 Å². The summed E-state index contributed by atoms with van der Waals surface area (Å²) in [5.74, 6) is 0. The van der Waals surface area contributed by atoms with Gasteiger partial charge in [0.25, 0.3) is 9.05 Å². The summed E-state index contributed by atoms with van der Waals surface area (Å²) in [6, 6.07) is 0.349. The van der Waals surface area contributed by atoms with Crippen LogP contribution in [0.25, 0.3) is 0 Å². The van der Waals surface area contributed by atoms with Gasteiger partial charge in [0.2, 0.25) is 0 Å². The van der Waals surface area contributed by atoms with E-state index in [-0.39, 0.29) is 4.90 Å². The highest BCUT2D eigenvalue weighted by Gasteiger charge is 2.20. The summed E-state index contributed by atoms with van der Waals surface area (Å²) >= 11 is 0. The molecular weight excluding hydrogens is 224 g/mol. The third-order valence-electron chi connectivity index (χ3n) is 2.56. The topological polar surface area (TPSA) is 52.0 Å². The zero-order valence-corrected chi connectivity index (χ0v) is 9.13. The zero-order valence-electron chi connectivity index (χ0n) is 7.56. The number of rotatable bonds is 2. The summed E-state index contributed by atoms with van der Waals surface area (Å²) in [4.78, 5) is 0.0890. The molecule has 1 fully saturated rings. The second-order valence-electron chi connectivity index (χ2n) is 3.53. The Morgan fingerprint density at radius 3 is 2.57 bits per heavy atom. The molecule has 78 valence electrons. The van der Waals surface area contributed by atoms with Gasteiger partial charge >= 0.3 is 0 Å². The maximum atomic E-state index is 11.0. The molecule has 1 aliphatic carbocycles. The molecule has 1 aromatic rings. The van der Waals surface area contributed by atoms with Crippen LogP contribution in [0.5, 0.6) is 0 Å². The van der Waals surface area contributed by atoms with E-state index in [2.05, 4.69) is 5.10 Å². The van der Waals surface area contributed by atoms with Gasteiger partial charge in [0, 0.05) is 16.9 Å². The van der Waals surface area contributed by atoms with Gasteiger partial charge in [0.1, 0.15) is 4.90 Å². The minimum absolute atomic E-state index is 0.0890. The average molecular weight is 235 g/mol. The molecule has 0 aliphatic heterocycles. The van der Waals surface area contributed by atoms with Crippen molar-refractivity contribution in [1.82, 2.24) is 9.78 Å². The Balaban J connectivity index is 2.25. The Hall–Kier alpha value is -0.550. The van der Waals surface area contributed by atoms with E-state index in [1.165, 1.54) is 25.2 Å². The van der Waals surface area contributed by atoms with Crippen LogP contribution in [0.15, 0.2) is 17.3 Å². The van der Waals surface area contributed by atoms with Crippen LogP contribution in [0, 0.1) is 0 Å². The summed E-state index contributed by atoms with van der Waals surface area (Å²) in [7, 11) is 1.57. The normalized spacial score (nSPS) is 18.9. The van der Waals surface area contributed by atoms with Crippen LogP contribution < -0.4 is 0 Å². The highest BCUT2D eigenvalue weighted by atomic mass is 35.7. The number of aromatic nitrogens is 2. The molecule has 14 heavy (non-hydrogen) atoms. The van der Waals surface area contributed by atoms with Crippen LogP contribution in [-0.2, 0) is 9.05 Å². The monoisotopic (exact) mass is 234 g/mol. The molecule has 1 heterocycles. The fraction of sp³-hybridized carbons (Fsp3) is 0.625. The lowest BCUT2D eigenvalue weighted by molar-refractivity contribution is 0.466. The summed E-state index contributed by atoms with van der Waals surface area (Å²) in [6.45, 7) is 0. The Bertz CT molecular complexity index is 420. The summed E-state index contributed by atoms with van der Waals surface area (Å²) < 4.78 is 23.7. The van der Waals surface area contributed by atoms with Gasteiger partial charge in [-0.05, 0) is 12.8 Å². The van der Waals surface area contributed by atoms with E-state index >= 15 is 0 Å². The minimum Gasteiger partial charge on any atom is -0.268 e. The van der Waals surface area contributed by atoms with Crippen molar-refractivity contribution in [2.45, 2.75) is 36.6 Å². The van der Waals surface area contributed by atoms with Crippen molar-refractivity contribution in [1.29, 1.82) is 0 Å². The lowest BCUT2D eigenvalue weighted by Gasteiger charge is -2.07. The fourth-order valence-electron chi connectivity index (χ4n) is 1.82. The number of hydrogen-bond donors (Lipinski definition) is 0. The first-order valence-corrected chi connectivity index (χ1v) is 6.87. The van der Waals surface area contributed by atoms with Gasteiger partial charge in [0.15, 0.2) is 0 Å². The van der Waals surface area contributed by atoms with Crippen LogP contribution in [0.3, 0.4) is 0 Å². The van der Waals surface area contributed by atoms with Gasteiger partial charge in [-0.25, -0.2) is 8.42 Å². The zero-order chi connectivity index (χ0) is 10.2. The predicted octanol–water partition coefficient (Wildman–Crippen LogP) is 1.93. The predicted molar refractivity (Wildman–Crippen MR) is 52.8 cm³/mol. The van der Waals surface area contributed by atoms with Gasteiger partial charge in [-0.15, -0.1) is 0 Å². The molecule has 0 unspecified atom stereocenters. The second kappa shape index (κ2) is 3.55. The van der Waals surface area contributed by atoms with Gasteiger partial charge in [0.05, 0.1) is 12.2 Å². The molecule has 0 N–H and O–H groups in total. The minimum atomic E-state index is -3.62. The van der Waals surface area contributed by atoms with Crippen molar-refractivity contribution < 1.29 is 8.42 Å². The molecule has 0 atom stereocenters. The molecule has 1 aromatic heterocycles.